The van der Waals surface area contributed by atoms with E-state index in [2.05, 4.69) is 0 Å². The van der Waals surface area contributed by atoms with Crippen molar-refractivity contribution in [3.05, 3.63) is 141 Å². The zero-order chi connectivity index (χ0) is 37.8. The number of fused-ring (bicyclic) bond motifs is 5. The topological polar surface area (TPSA) is 64.6 Å². The van der Waals surface area contributed by atoms with E-state index in [1.165, 1.54) is 0 Å². The molecule has 0 spiro atoms. The Kier molecular flexibility index (Phi) is 8.94. The maximum absolute atomic E-state index is 15.0. The van der Waals surface area contributed by atoms with Crippen molar-refractivity contribution < 1.29 is 49.6 Å². The van der Waals surface area contributed by atoms with Gasteiger partial charge in [-0.05, 0) is 110 Å². The van der Waals surface area contributed by atoms with Gasteiger partial charge in [0.05, 0.1) is 42.6 Å². The number of nitrogens with zero attached hydrogens (tertiary/aromatic N) is 2. The summed E-state index contributed by atoms with van der Waals surface area (Å²) >= 11 is 0. The van der Waals surface area contributed by atoms with Crippen LogP contribution in [0.2, 0.25) is 0 Å². The number of hydrogen-bond donors (Lipinski definition) is 0. The van der Waals surface area contributed by atoms with Crippen LogP contribution in [-0.4, -0.2) is 48.3 Å². The van der Waals surface area contributed by atoms with E-state index in [1.807, 2.05) is 60.2 Å². The van der Waals surface area contributed by atoms with E-state index >= 15 is 17.3 Å². The van der Waals surface area contributed by atoms with Crippen molar-refractivity contribution >= 4 is 37.1 Å². The maximum atomic E-state index is 15.0. The van der Waals surface area contributed by atoms with Crippen molar-refractivity contribution in [1.29, 1.82) is 0 Å². The van der Waals surface area contributed by atoms with Gasteiger partial charge in [0, 0.05) is 54.2 Å². The summed E-state index contributed by atoms with van der Waals surface area (Å²) < 4.78 is 93.4. The lowest BCUT2D eigenvalue weighted by molar-refractivity contribution is -0.579. The van der Waals surface area contributed by atoms with Gasteiger partial charge in [0.2, 0.25) is 5.70 Å². The number of rotatable bonds is 7. The number of hydrogen-bond acceptors (Lipinski definition) is 6. The molecule has 278 valence electrons. The monoisotopic (exact) mass is 740 g/mol. The Labute approximate surface area is 310 Å². The SMILES string of the molecule is COc1ccc2c(c1)CCC1=C(/C=C/C3=C([n+]4ccc(N(C)C)cc4)C(=C/C=C4\O[B-](F)(F)OC5=C4CCc4cc(OC)ccc45)/CC3)O[B-](F)(F)[O+]=C12. The molecule has 1 aromatic heterocycles. The first-order valence-corrected chi connectivity index (χ1v) is 17.9. The third-order valence-corrected chi connectivity index (χ3v) is 10.3. The van der Waals surface area contributed by atoms with Crippen molar-refractivity contribution in [3.8, 4) is 11.5 Å². The van der Waals surface area contributed by atoms with Crippen LogP contribution in [0.3, 0.4) is 0 Å². The Morgan fingerprint density at radius 2 is 1.41 bits per heavy atom. The lowest BCUT2D eigenvalue weighted by Gasteiger charge is -2.40. The summed E-state index contributed by atoms with van der Waals surface area (Å²) in [5.74, 6) is 1.62. The Hall–Kier alpha value is -5.65. The van der Waals surface area contributed by atoms with Gasteiger partial charge in [-0.2, -0.15) is 4.57 Å². The summed E-state index contributed by atoms with van der Waals surface area (Å²) in [4.78, 5) is 1.98. The lowest BCUT2D eigenvalue weighted by atomic mass is 9.84. The van der Waals surface area contributed by atoms with Crippen molar-refractivity contribution in [1.82, 2.24) is 0 Å². The zero-order valence-corrected chi connectivity index (χ0v) is 30.3. The summed E-state index contributed by atoms with van der Waals surface area (Å²) in [6.45, 7) is 0. The van der Waals surface area contributed by atoms with Gasteiger partial charge >= 0.3 is 14.2 Å². The average Bonchev–Trinajstić information content (AvgIpc) is 3.57. The number of aromatic nitrogens is 1. The number of allylic oxidation sites excluding steroid dienone is 9. The standard InChI is InChI=1S/C40H38B2F4N2O6/c1-47(2)29-19-21-48(22-20-29)38-25(9-17-36-34-13-7-27-23-30(49-3)11-15-32(27)39(34)53-41(43,44)51-36)5-6-26(38)10-18-37-35-14-8-28-24-31(50-4)12-16-33(28)40(35)54-42(45,46)52-37/h9-12,15-24H,5-8,13-14H2,1-4H3/b17-9+,26-10+,37-18-. The Bertz CT molecular complexity index is 2280. The van der Waals surface area contributed by atoms with E-state index in [0.29, 0.717) is 72.3 Å². The van der Waals surface area contributed by atoms with Crippen molar-refractivity contribution in [2.24, 2.45) is 0 Å². The number of ether oxygens (including phenoxy) is 2. The Morgan fingerprint density at radius 3 is 2.09 bits per heavy atom. The van der Waals surface area contributed by atoms with Crippen molar-refractivity contribution in [2.45, 2.75) is 38.5 Å². The number of anilines is 1. The van der Waals surface area contributed by atoms with Crippen molar-refractivity contribution in [2.75, 3.05) is 33.2 Å². The number of benzene rings is 2. The molecule has 54 heavy (non-hydrogen) atoms. The largest absolute Gasteiger partial charge is 0.995 e. The lowest BCUT2D eigenvalue weighted by Crippen LogP contribution is -2.36. The molecule has 3 heterocycles. The highest BCUT2D eigenvalue weighted by Gasteiger charge is 2.55. The molecule has 14 heteroatoms. The summed E-state index contributed by atoms with van der Waals surface area (Å²) in [6.07, 6.45) is 13.8. The molecule has 0 bridgehead atoms. The number of halogens is 4. The third-order valence-electron chi connectivity index (χ3n) is 10.3. The summed E-state index contributed by atoms with van der Waals surface area (Å²) in [5.41, 5.74) is 7.52. The molecule has 0 saturated heterocycles. The van der Waals surface area contributed by atoms with Gasteiger partial charge in [0.1, 0.15) is 11.5 Å². The second kappa shape index (κ2) is 13.6. The van der Waals surface area contributed by atoms with Gasteiger partial charge < -0.3 is 49.9 Å². The molecule has 0 saturated carbocycles. The van der Waals surface area contributed by atoms with Gasteiger partial charge in [0.25, 0.3) is 5.78 Å². The predicted molar refractivity (Wildman–Crippen MR) is 199 cm³/mol. The molecule has 8 rings (SSSR count). The molecule has 8 nitrogen and oxygen atoms in total. The second-order valence-electron chi connectivity index (χ2n) is 13.9. The number of ketones is 1. The highest BCUT2D eigenvalue weighted by molar-refractivity contribution is 6.54. The second-order valence-corrected chi connectivity index (χ2v) is 13.9. The normalized spacial score (nSPS) is 21.1. The van der Waals surface area contributed by atoms with Gasteiger partial charge in [0.15, 0.2) is 12.4 Å². The summed E-state index contributed by atoms with van der Waals surface area (Å²) in [5, 5.41) is 0. The molecule has 0 radical (unpaired) electrons. The molecular weight excluding hydrogens is 702 g/mol. The number of pyridine rings is 1. The molecular formula is C40H38B2F4N2O6. The van der Waals surface area contributed by atoms with Gasteiger partial charge in [-0.15, -0.1) is 0 Å². The maximum Gasteiger partial charge on any atom is 0.995 e. The minimum atomic E-state index is -4.63. The Balaban J connectivity index is 1.19. The summed E-state index contributed by atoms with van der Waals surface area (Å²) in [7, 11) is -2.24. The predicted octanol–water partition coefficient (Wildman–Crippen LogP) is 8.23. The Morgan fingerprint density at radius 1 is 0.741 bits per heavy atom. The minimum Gasteiger partial charge on any atom is -0.627 e. The van der Waals surface area contributed by atoms with E-state index in [1.54, 1.807) is 62.8 Å². The van der Waals surface area contributed by atoms with Gasteiger partial charge in [-0.25, -0.2) is 0 Å². The quantitative estimate of drug-likeness (QED) is 0.105. The van der Waals surface area contributed by atoms with Gasteiger partial charge in [-0.1, -0.05) is 0 Å². The van der Waals surface area contributed by atoms with Gasteiger partial charge in [-0.3, -0.25) is 0 Å². The molecule has 3 aromatic rings. The van der Waals surface area contributed by atoms with Crippen LogP contribution in [0.15, 0.2) is 119 Å². The fourth-order valence-corrected chi connectivity index (χ4v) is 7.69. The molecule has 3 aliphatic carbocycles. The van der Waals surface area contributed by atoms with Crippen LogP contribution >= 0.6 is 0 Å². The molecule has 0 fully saturated rings. The van der Waals surface area contributed by atoms with Crippen LogP contribution in [-0.2, 0) is 26.8 Å². The minimum absolute atomic E-state index is 0.0526. The average molecular weight is 740 g/mol. The fourth-order valence-electron chi connectivity index (χ4n) is 7.69. The first-order chi connectivity index (χ1) is 25.9. The van der Waals surface area contributed by atoms with Crippen LogP contribution in [0.5, 0.6) is 11.5 Å². The van der Waals surface area contributed by atoms with E-state index in [-0.39, 0.29) is 23.1 Å². The zero-order valence-electron chi connectivity index (χ0n) is 30.3. The molecule has 0 unspecified atom stereocenters. The number of aryl methyl sites for hydroxylation is 2. The van der Waals surface area contributed by atoms with Crippen LogP contribution < -0.4 is 18.9 Å². The molecule has 2 aliphatic heterocycles. The summed E-state index contributed by atoms with van der Waals surface area (Å²) in [6, 6.07) is 14.5. The highest BCUT2D eigenvalue weighted by atomic mass is 19.3. The van der Waals surface area contributed by atoms with E-state index in [9.17, 15) is 0 Å². The van der Waals surface area contributed by atoms with Crippen LogP contribution in [0, 0.1) is 0 Å². The highest BCUT2D eigenvalue weighted by Crippen LogP contribution is 2.45. The van der Waals surface area contributed by atoms with Crippen molar-refractivity contribution in [3.63, 3.8) is 0 Å². The molecule has 0 amide bonds. The first kappa shape index (κ1) is 35.4. The van der Waals surface area contributed by atoms with E-state index in [0.717, 1.165) is 33.7 Å². The van der Waals surface area contributed by atoms with E-state index in [4.69, 9.17) is 27.8 Å². The van der Waals surface area contributed by atoms with Crippen LogP contribution in [0.4, 0.5) is 23.0 Å². The molecule has 2 aromatic carbocycles. The first-order valence-electron chi connectivity index (χ1n) is 17.9. The number of carbonyl (C=O) groups excluding carboxylic acids is 1. The fraction of sp³-hybridized carbons (Fsp3) is 0.250. The number of methoxy groups -OCH3 is 2. The van der Waals surface area contributed by atoms with E-state index < -0.39 is 14.2 Å². The third kappa shape index (κ3) is 6.69. The molecule has 0 N–H and O–H groups in total. The molecule has 0 atom stereocenters. The van der Waals surface area contributed by atoms with Crippen LogP contribution in [0.1, 0.15) is 52.3 Å². The van der Waals surface area contributed by atoms with Crippen LogP contribution in [0.25, 0.3) is 11.5 Å². The smallest absolute Gasteiger partial charge is 0.627 e. The molecule has 5 aliphatic rings.